The fourth-order valence-corrected chi connectivity index (χ4v) is 7.01. The van der Waals surface area contributed by atoms with Gasteiger partial charge >= 0.3 is 0 Å². The fourth-order valence-electron chi connectivity index (χ4n) is 4.41. The summed E-state index contributed by atoms with van der Waals surface area (Å²) in [7, 11) is 0. The molecule has 1 N–H and O–H groups in total. The van der Waals surface area contributed by atoms with Crippen LogP contribution >= 0.6 is 22.7 Å². The van der Waals surface area contributed by atoms with Gasteiger partial charge in [0, 0.05) is 9.75 Å². The van der Waals surface area contributed by atoms with Crippen LogP contribution in [-0.2, 0) is 37.0 Å². The summed E-state index contributed by atoms with van der Waals surface area (Å²) in [6.45, 7) is 2.13. The predicted molar refractivity (Wildman–Crippen MR) is 115 cm³/mol. The molecule has 0 radical (unpaired) electrons. The number of aromatic nitrogens is 2. The van der Waals surface area contributed by atoms with Crippen LogP contribution in [0, 0.1) is 17.2 Å². The Balaban J connectivity index is 1.42. The van der Waals surface area contributed by atoms with E-state index in [1.54, 1.807) is 11.3 Å². The molecule has 0 spiro atoms. The van der Waals surface area contributed by atoms with Gasteiger partial charge in [0.1, 0.15) is 22.4 Å². The molecule has 0 bridgehead atoms. The Labute approximate surface area is 175 Å². The largest absolute Gasteiger partial charge is 0.315 e. The standard InChI is InChI=1S/C21H20N4O2S2/c1-11-5-6-13-16(7-11)29-20-18(13)21(27)25(10-23-20)9-17(26)24-19-14(8-22)12-3-2-4-15(12)28-19/h10-11H,2-7,9H2,1H3,(H,24,26)/t11-/m0/s1. The second-order valence-corrected chi connectivity index (χ2v) is 10.1. The Morgan fingerprint density at radius 1 is 1.31 bits per heavy atom. The molecular weight excluding hydrogens is 404 g/mol. The van der Waals surface area contributed by atoms with Crippen molar-refractivity contribution in [3.8, 4) is 6.07 Å². The number of nitrogens with one attached hydrogen (secondary N) is 1. The monoisotopic (exact) mass is 424 g/mol. The molecule has 0 saturated carbocycles. The van der Waals surface area contributed by atoms with Gasteiger partial charge in [-0.3, -0.25) is 14.2 Å². The number of nitrogens with zero attached hydrogens (tertiary/aromatic N) is 3. The van der Waals surface area contributed by atoms with Gasteiger partial charge in [-0.05, 0) is 55.6 Å². The molecule has 3 heterocycles. The smallest absolute Gasteiger partial charge is 0.262 e. The molecule has 1 amide bonds. The van der Waals surface area contributed by atoms with E-state index in [-0.39, 0.29) is 18.0 Å². The highest BCUT2D eigenvalue weighted by Gasteiger charge is 2.25. The van der Waals surface area contributed by atoms with Crippen molar-refractivity contribution in [1.82, 2.24) is 9.55 Å². The normalized spacial score (nSPS) is 17.7. The number of carbonyl (C=O) groups excluding carboxylic acids is 1. The predicted octanol–water partition coefficient (Wildman–Crippen LogP) is 3.64. The lowest BCUT2D eigenvalue weighted by atomic mass is 9.89. The van der Waals surface area contributed by atoms with Crippen LogP contribution in [0.15, 0.2) is 11.1 Å². The van der Waals surface area contributed by atoms with Crippen LogP contribution in [0.1, 0.15) is 46.2 Å². The second kappa shape index (κ2) is 7.08. The molecule has 0 fully saturated rings. The number of hydrogen-bond donors (Lipinski definition) is 1. The average molecular weight is 425 g/mol. The van der Waals surface area contributed by atoms with Crippen molar-refractivity contribution in [3.63, 3.8) is 0 Å². The van der Waals surface area contributed by atoms with Crippen molar-refractivity contribution < 1.29 is 4.79 Å². The van der Waals surface area contributed by atoms with Gasteiger partial charge in [-0.25, -0.2) is 4.98 Å². The third-order valence-electron chi connectivity index (χ3n) is 5.88. The number of rotatable bonds is 3. The molecule has 8 heteroatoms. The Hall–Kier alpha value is -2.50. The first-order chi connectivity index (χ1) is 14.0. The highest BCUT2D eigenvalue weighted by molar-refractivity contribution is 7.18. The van der Waals surface area contributed by atoms with Crippen molar-refractivity contribution in [2.45, 2.75) is 52.0 Å². The Kier molecular flexibility index (Phi) is 4.52. The fraction of sp³-hybridized carbons (Fsp3) is 0.429. The lowest BCUT2D eigenvalue weighted by Gasteiger charge is -2.17. The SMILES string of the molecule is C[C@H]1CCc2c(sc3ncn(CC(=O)Nc4sc5c(c4C#N)CCC5)c(=O)c23)C1. The van der Waals surface area contributed by atoms with Gasteiger partial charge in [-0.2, -0.15) is 5.26 Å². The van der Waals surface area contributed by atoms with Gasteiger partial charge in [0.15, 0.2) is 0 Å². The topological polar surface area (TPSA) is 87.8 Å². The van der Waals surface area contributed by atoms with Crippen LogP contribution in [0.5, 0.6) is 0 Å². The third-order valence-corrected chi connectivity index (χ3v) is 8.25. The van der Waals surface area contributed by atoms with Crippen molar-refractivity contribution in [2.75, 3.05) is 5.32 Å². The Morgan fingerprint density at radius 3 is 3.00 bits per heavy atom. The average Bonchev–Trinajstić information content (AvgIpc) is 3.36. The van der Waals surface area contributed by atoms with Gasteiger partial charge in [0.05, 0.1) is 17.3 Å². The van der Waals surface area contributed by atoms with Crippen molar-refractivity contribution in [3.05, 3.63) is 43.1 Å². The minimum Gasteiger partial charge on any atom is -0.315 e. The molecule has 3 aromatic rings. The molecule has 0 saturated heterocycles. The zero-order valence-electron chi connectivity index (χ0n) is 16.1. The molecule has 148 valence electrons. The van der Waals surface area contributed by atoms with Gasteiger partial charge < -0.3 is 5.32 Å². The minimum absolute atomic E-state index is 0.101. The maximum atomic E-state index is 13.1. The van der Waals surface area contributed by atoms with E-state index in [1.807, 2.05) is 0 Å². The van der Waals surface area contributed by atoms with E-state index in [0.29, 0.717) is 21.9 Å². The summed E-state index contributed by atoms with van der Waals surface area (Å²) in [5, 5.41) is 13.6. The summed E-state index contributed by atoms with van der Waals surface area (Å²) >= 11 is 3.09. The summed E-state index contributed by atoms with van der Waals surface area (Å²) in [6.07, 6.45) is 7.36. The zero-order valence-corrected chi connectivity index (χ0v) is 17.7. The van der Waals surface area contributed by atoms with Crippen LogP contribution in [0.25, 0.3) is 10.2 Å². The Bertz CT molecular complexity index is 1240. The van der Waals surface area contributed by atoms with Crippen LogP contribution in [0.3, 0.4) is 0 Å². The van der Waals surface area contributed by atoms with Crippen LogP contribution in [-0.4, -0.2) is 15.5 Å². The molecule has 0 aliphatic heterocycles. The van der Waals surface area contributed by atoms with Crippen LogP contribution < -0.4 is 10.9 Å². The number of nitriles is 1. The maximum absolute atomic E-state index is 13.1. The number of amides is 1. The highest BCUT2D eigenvalue weighted by atomic mass is 32.1. The first-order valence-corrected chi connectivity index (χ1v) is 11.5. The number of thiophene rings is 2. The van der Waals surface area contributed by atoms with E-state index in [1.165, 1.54) is 32.0 Å². The maximum Gasteiger partial charge on any atom is 0.262 e. The number of fused-ring (bicyclic) bond motifs is 4. The summed E-state index contributed by atoms with van der Waals surface area (Å²) < 4.78 is 1.38. The molecule has 0 aromatic carbocycles. The molecular formula is C21H20N4O2S2. The van der Waals surface area contributed by atoms with Gasteiger partial charge in [-0.1, -0.05) is 6.92 Å². The first-order valence-electron chi connectivity index (χ1n) is 9.89. The molecule has 1 atom stereocenters. The quantitative estimate of drug-likeness (QED) is 0.695. The van der Waals surface area contributed by atoms with Crippen molar-refractivity contribution in [2.24, 2.45) is 5.92 Å². The molecule has 2 aliphatic carbocycles. The van der Waals surface area contributed by atoms with E-state index in [9.17, 15) is 14.9 Å². The van der Waals surface area contributed by atoms with Crippen molar-refractivity contribution >= 4 is 43.8 Å². The number of anilines is 1. The Morgan fingerprint density at radius 2 is 2.17 bits per heavy atom. The number of hydrogen-bond acceptors (Lipinski definition) is 6. The van der Waals surface area contributed by atoms with E-state index in [2.05, 4.69) is 23.3 Å². The molecule has 6 nitrogen and oxygen atoms in total. The van der Waals surface area contributed by atoms with Crippen LogP contribution in [0.2, 0.25) is 0 Å². The van der Waals surface area contributed by atoms with Crippen LogP contribution in [0.4, 0.5) is 5.00 Å². The molecule has 0 unspecified atom stereocenters. The van der Waals surface area contributed by atoms with Gasteiger partial charge in [-0.15, -0.1) is 22.7 Å². The minimum atomic E-state index is -0.303. The summed E-state index contributed by atoms with van der Waals surface area (Å²) in [4.78, 5) is 33.4. The van der Waals surface area contributed by atoms with Crippen molar-refractivity contribution in [1.29, 1.82) is 5.26 Å². The van der Waals surface area contributed by atoms with Gasteiger partial charge in [0.2, 0.25) is 5.91 Å². The van der Waals surface area contributed by atoms with Gasteiger partial charge in [0.25, 0.3) is 5.56 Å². The van der Waals surface area contributed by atoms with E-state index >= 15 is 0 Å². The van der Waals surface area contributed by atoms with E-state index in [4.69, 9.17) is 0 Å². The highest BCUT2D eigenvalue weighted by Crippen LogP contribution is 2.38. The molecule has 3 aromatic heterocycles. The van der Waals surface area contributed by atoms with E-state index < -0.39 is 0 Å². The summed E-state index contributed by atoms with van der Waals surface area (Å²) in [5.41, 5.74) is 2.63. The number of aryl methyl sites for hydroxylation is 2. The first kappa shape index (κ1) is 18.5. The molecule has 29 heavy (non-hydrogen) atoms. The molecule has 2 aliphatic rings. The molecule has 5 rings (SSSR count). The summed E-state index contributed by atoms with van der Waals surface area (Å²) in [6, 6.07) is 2.23. The lowest BCUT2D eigenvalue weighted by molar-refractivity contribution is -0.116. The summed E-state index contributed by atoms with van der Waals surface area (Å²) in [5.74, 6) is 0.327. The second-order valence-electron chi connectivity index (χ2n) is 7.93. The van der Waals surface area contributed by atoms with E-state index in [0.717, 1.165) is 54.5 Å². The third kappa shape index (κ3) is 3.09. The number of carbonyl (C=O) groups is 1. The zero-order chi connectivity index (χ0) is 20.1. The lowest BCUT2D eigenvalue weighted by Crippen LogP contribution is -2.28.